The molecule has 26 heavy (non-hydrogen) atoms. The third-order valence-corrected chi connectivity index (χ3v) is 6.25. The second-order valence-corrected chi connectivity index (χ2v) is 9.17. The monoisotopic (exact) mass is 374 g/mol. The van der Waals surface area contributed by atoms with E-state index in [2.05, 4.69) is 39.5 Å². The molecule has 2 aromatic rings. The van der Waals surface area contributed by atoms with Gasteiger partial charge in [0, 0.05) is 39.9 Å². The Morgan fingerprint density at radius 3 is 3.08 bits per heavy atom. The van der Waals surface area contributed by atoms with Crippen LogP contribution in [0, 0.1) is 6.92 Å². The number of carbonyl (C=O) groups is 1. The fraction of sp³-hybridized carbons (Fsp3) is 0.579. The molecule has 1 fully saturated rings. The van der Waals surface area contributed by atoms with Crippen molar-refractivity contribution in [3.05, 3.63) is 38.8 Å². The Kier molecular flexibility index (Phi) is 4.62. The number of carbonyl (C=O) groups excluding carboxylic acids is 1. The zero-order valence-corrected chi connectivity index (χ0v) is 16.4. The van der Waals surface area contributed by atoms with Crippen molar-refractivity contribution in [2.75, 3.05) is 19.7 Å². The lowest BCUT2D eigenvalue weighted by Crippen LogP contribution is -2.40. The number of rotatable bonds is 4. The van der Waals surface area contributed by atoms with Gasteiger partial charge in [0.25, 0.3) is 5.91 Å². The molecule has 0 saturated carbocycles. The van der Waals surface area contributed by atoms with Crippen molar-refractivity contribution in [3.8, 4) is 0 Å². The van der Waals surface area contributed by atoms with Crippen molar-refractivity contribution < 1.29 is 9.53 Å². The quantitative estimate of drug-likeness (QED) is 0.863. The first kappa shape index (κ1) is 17.7. The molecule has 7 heteroatoms. The van der Waals surface area contributed by atoms with E-state index in [0.29, 0.717) is 18.9 Å². The van der Waals surface area contributed by atoms with Gasteiger partial charge in [0.15, 0.2) is 5.69 Å². The summed E-state index contributed by atoms with van der Waals surface area (Å²) in [6.45, 7) is 10.1. The Morgan fingerprint density at radius 2 is 2.35 bits per heavy atom. The van der Waals surface area contributed by atoms with Gasteiger partial charge in [-0.1, -0.05) is 0 Å². The predicted molar refractivity (Wildman–Crippen MR) is 101 cm³/mol. The number of ether oxygens (including phenoxy) is 1. The van der Waals surface area contributed by atoms with Crippen LogP contribution < -0.4 is 5.32 Å². The summed E-state index contributed by atoms with van der Waals surface area (Å²) in [6, 6.07) is 4.49. The molecule has 1 spiro atoms. The van der Waals surface area contributed by atoms with Crippen molar-refractivity contribution >= 4 is 17.2 Å². The van der Waals surface area contributed by atoms with E-state index >= 15 is 0 Å². The molecule has 1 saturated heterocycles. The first-order valence-electron chi connectivity index (χ1n) is 9.21. The maximum Gasteiger partial charge on any atom is 0.272 e. The minimum Gasteiger partial charge on any atom is -0.376 e. The van der Waals surface area contributed by atoms with Crippen molar-refractivity contribution in [3.63, 3.8) is 0 Å². The van der Waals surface area contributed by atoms with Gasteiger partial charge in [0.1, 0.15) is 0 Å². The highest BCUT2D eigenvalue weighted by Gasteiger charge is 2.46. The summed E-state index contributed by atoms with van der Waals surface area (Å²) < 4.78 is 5.93. The highest BCUT2D eigenvalue weighted by Crippen LogP contribution is 2.40. The van der Waals surface area contributed by atoms with Crippen molar-refractivity contribution in [2.24, 2.45) is 0 Å². The van der Waals surface area contributed by atoms with Gasteiger partial charge in [0.05, 0.1) is 18.9 Å². The van der Waals surface area contributed by atoms with Crippen molar-refractivity contribution in [1.82, 2.24) is 20.4 Å². The zero-order valence-electron chi connectivity index (χ0n) is 15.6. The number of hydrogen-bond acceptors (Lipinski definition) is 5. The van der Waals surface area contributed by atoms with E-state index in [9.17, 15) is 4.79 Å². The van der Waals surface area contributed by atoms with Crippen LogP contribution in [0.3, 0.4) is 0 Å². The van der Waals surface area contributed by atoms with Gasteiger partial charge in [-0.05, 0) is 45.9 Å². The lowest BCUT2D eigenvalue weighted by molar-refractivity contribution is 0.0509. The lowest BCUT2D eigenvalue weighted by Gasteiger charge is -2.33. The average Bonchev–Trinajstić information content (AvgIpc) is 3.28. The van der Waals surface area contributed by atoms with E-state index < -0.39 is 0 Å². The molecule has 2 aromatic heterocycles. The first-order chi connectivity index (χ1) is 12.5. The van der Waals surface area contributed by atoms with Crippen LogP contribution in [0.2, 0.25) is 0 Å². The number of nitrogens with zero attached hydrogens (tertiary/aromatic N) is 2. The minimum absolute atomic E-state index is 0.0801. The largest absolute Gasteiger partial charge is 0.376 e. The van der Waals surface area contributed by atoms with E-state index in [1.165, 1.54) is 9.75 Å². The molecule has 4 heterocycles. The summed E-state index contributed by atoms with van der Waals surface area (Å²) in [5, 5.41) is 10.5. The minimum atomic E-state index is -0.123. The van der Waals surface area contributed by atoms with Gasteiger partial charge >= 0.3 is 0 Å². The molecular weight excluding hydrogens is 348 g/mol. The maximum absolute atomic E-state index is 12.4. The molecule has 1 amide bonds. The zero-order chi connectivity index (χ0) is 18.3. The van der Waals surface area contributed by atoms with Crippen LogP contribution in [-0.2, 0) is 23.3 Å². The van der Waals surface area contributed by atoms with Gasteiger partial charge in [0.2, 0.25) is 0 Å². The molecular formula is C19H26N4O2S. The molecule has 0 aliphatic carbocycles. The van der Waals surface area contributed by atoms with Crippen LogP contribution in [-0.4, -0.2) is 46.7 Å². The van der Waals surface area contributed by atoms with E-state index in [-0.39, 0.29) is 17.4 Å². The van der Waals surface area contributed by atoms with Crippen LogP contribution in [0.5, 0.6) is 0 Å². The normalized spacial score (nSPS) is 22.9. The molecule has 6 nitrogen and oxygen atoms in total. The molecule has 140 valence electrons. The SMILES string of the molecule is Cc1ccc(CN2CC[C@]3(COCc4c(C(=O)NC(C)C)n[nH]c43)C2)s1. The fourth-order valence-corrected chi connectivity index (χ4v) is 5.02. The molecule has 0 bridgehead atoms. The van der Waals surface area contributed by atoms with Gasteiger partial charge < -0.3 is 10.1 Å². The number of amides is 1. The third kappa shape index (κ3) is 3.19. The van der Waals surface area contributed by atoms with Crippen LogP contribution in [0.15, 0.2) is 12.1 Å². The van der Waals surface area contributed by atoms with Gasteiger partial charge in [-0.25, -0.2) is 0 Å². The highest BCUT2D eigenvalue weighted by atomic mass is 32.1. The van der Waals surface area contributed by atoms with Crippen LogP contribution in [0.25, 0.3) is 0 Å². The topological polar surface area (TPSA) is 70.2 Å². The van der Waals surface area contributed by atoms with Gasteiger partial charge in [-0.2, -0.15) is 5.10 Å². The number of fused-ring (bicyclic) bond motifs is 2. The van der Waals surface area contributed by atoms with Crippen molar-refractivity contribution in [2.45, 2.75) is 51.8 Å². The average molecular weight is 375 g/mol. The Labute approximate surface area is 157 Å². The lowest BCUT2D eigenvalue weighted by atomic mass is 9.80. The Morgan fingerprint density at radius 1 is 1.50 bits per heavy atom. The predicted octanol–water partition coefficient (Wildman–Crippen LogP) is 2.59. The molecule has 0 unspecified atom stereocenters. The molecule has 0 aromatic carbocycles. The number of likely N-dealkylation sites (tertiary alicyclic amines) is 1. The first-order valence-corrected chi connectivity index (χ1v) is 10.0. The number of aryl methyl sites for hydroxylation is 1. The molecule has 0 radical (unpaired) electrons. The number of hydrogen-bond donors (Lipinski definition) is 2. The summed E-state index contributed by atoms with van der Waals surface area (Å²) in [5.41, 5.74) is 2.44. The fourth-order valence-electron chi connectivity index (χ4n) is 4.09. The van der Waals surface area contributed by atoms with E-state index in [1.807, 2.05) is 25.2 Å². The molecule has 2 aliphatic heterocycles. The smallest absolute Gasteiger partial charge is 0.272 e. The van der Waals surface area contributed by atoms with Crippen LogP contribution in [0.4, 0.5) is 0 Å². The number of thiophene rings is 1. The number of H-pyrrole nitrogens is 1. The molecule has 4 rings (SSSR count). The summed E-state index contributed by atoms with van der Waals surface area (Å²) in [4.78, 5) is 17.7. The number of nitrogens with one attached hydrogen (secondary N) is 2. The Balaban J connectivity index is 1.54. The molecule has 1 atom stereocenters. The summed E-state index contributed by atoms with van der Waals surface area (Å²) >= 11 is 1.86. The standard InChI is InChI=1S/C19H26N4O2S/c1-12(2)20-18(24)16-15-9-25-11-19(17(15)22-21-16)6-7-23(10-19)8-14-5-4-13(3)26-14/h4-5,12H,6-11H2,1-3H3,(H,20,24)(H,21,22)/t19-/m1/s1. The molecule has 2 N–H and O–H groups in total. The highest BCUT2D eigenvalue weighted by molar-refractivity contribution is 7.11. The third-order valence-electron chi connectivity index (χ3n) is 5.27. The second-order valence-electron chi connectivity index (χ2n) is 7.80. The maximum atomic E-state index is 12.4. The van der Waals surface area contributed by atoms with Gasteiger partial charge in [-0.3, -0.25) is 14.8 Å². The van der Waals surface area contributed by atoms with Gasteiger partial charge in [-0.15, -0.1) is 11.3 Å². The van der Waals surface area contributed by atoms with Crippen molar-refractivity contribution in [1.29, 1.82) is 0 Å². The summed E-state index contributed by atoms with van der Waals surface area (Å²) in [5.74, 6) is -0.123. The summed E-state index contributed by atoms with van der Waals surface area (Å²) in [7, 11) is 0. The summed E-state index contributed by atoms with van der Waals surface area (Å²) in [6.07, 6.45) is 1.03. The Bertz CT molecular complexity index is 812. The van der Waals surface area contributed by atoms with E-state index in [1.54, 1.807) is 0 Å². The van der Waals surface area contributed by atoms with E-state index in [0.717, 1.165) is 37.3 Å². The van der Waals surface area contributed by atoms with Crippen LogP contribution in [0.1, 0.15) is 51.8 Å². The molecule has 2 aliphatic rings. The second kappa shape index (κ2) is 6.79. The van der Waals surface area contributed by atoms with E-state index in [4.69, 9.17) is 4.74 Å². The number of aromatic amines is 1. The van der Waals surface area contributed by atoms with Crippen LogP contribution >= 0.6 is 11.3 Å². The Hall–Kier alpha value is -1.70. The number of aromatic nitrogens is 2.